The van der Waals surface area contributed by atoms with E-state index in [0.717, 1.165) is 12.1 Å². The van der Waals surface area contributed by atoms with Gasteiger partial charge in [-0.05, 0) is 31.7 Å². The van der Waals surface area contributed by atoms with E-state index < -0.39 is 0 Å². The number of halogens is 1. The van der Waals surface area contributed by atoms with Crippen molar-refractivity contribution < 1.29 is 4.79 Å². The van der Waals surface area contributed by atoms with E-state index in [4.69, 9.17) is 11.6 Å². The fourth-order valence-electron chi connectivity index (χ4n) is 3.18. The third-order valence-electron chi connectivity index (χ3n) is 4.41. The highest BCUT2D eigenvalue weighted by molar-refractivity contribution is 6.30. The second-order valence-electron chi connectivity index (χ2n) is 5.96. The van der Waals surface area contributed by atoms with Crippen molar-refractivity contribution in [1.82, 2.24) is 14.7 Å². The fraction of sp³-hybridized carbons (Fsp3) is 0.500. The molecular formula is C16H20ClN3O. The second kappa shape index (κ2) is 5.68. The highest BCUT2D eigenvalue weighted by atomic mass is 35.5. The Labute approximate surface area is 129 Å². The van der Waals surface area contributed by atoms with Crippen LogP contribution < -0.4 is 5.32 Å². The first-order valence-corrected chi connectivity index (χ1v) is 7.89. The quantitative estimate of drug-likeness (QED) is 0.921. The SMILES string of the molecule is Cc1nc2cc(Cl)ccn2c1C(=O)NC1CCCCC1C. The smallest absolute Gasteiger partial charge is 0.270 e. The van der Waals surface area contributed by atoms with Gasteiger partial charge >= 0.3 is 0 Å². The summed E-state index contributed by atoms with van der Waals surface area (Å²) in [5, 5.41) is 3.81. The Morgan fingerprint density at radius 2 is 2.19 bits per heavy atom. The molecule has 2 aromatic rings. The molecule has 1 fully saturated rings. The Morgan fingerprint density at radius 3 is 2.95 bits per heavy atom. The summed E-state index contributed by atoms with van der Waals surface area (Å²) in [7, 11) is 0. The van der Waals surface area contributed by atoms with Gasteiger partial charge in [-0.2, -0.15) is 0 Å². The van der Waals surface area contributed by atoms with Gasteiger partial charge in [0.2, 0.25) is 0 Å². The zero-order chi connectivity index (χ0) is 15.0. The molecule has 0 bridgehead atoms. The largest absolute Gasteiger partial charge is 0.348 e. The molecule has 0 radical (unpaired) electrons. The molecule has 0 saturated heterocycles. The molecule has 112 valence electrons. The van der Waals surface area contributed by atoms with Gasteiger partial charge in [-0.3, -0.25) is 9.20 Å². The van der Waals surface area contributed by atoms with Gasteiger partial charge in [0.25, 0.3) is 5.91 Å². The molecule has 0 spiro atoms. The Kier molecular flexibility index (Phi) is 3.89. The van der Waals surface area contributed by atoms with E-state index >= 15 is 0 Å². The fourth-order valence-corrected chi connectivity index (χ4v) is 3.33. The van der Waals surface area contributed by atoms with Crippen molar-refractivity contribution in [3.8, 4) is 0 Å². The number of aryl methyl sites for hydroxylation is 1. The molecule has 21 heavy (non-hydrogen) atoms. The summed E-state index contributed by atoms with van der Waals surface area (Å²) in [4.78, 5) is 17.1. The highest BCUT2D eigenvalue weighted by Crippen LogP contribution is 2.24. The van der Waals surface area contributed by atoms with E-state index in [1.165, 1.54) is 19.3 Å². The molecule has 5 heteroatoms. The summed E-state index contributed by atoms with van der Waals surface area (Å²) < 4.78 is 1.81. The van der Waals surface area contributed by atoms with Crippen molar-refractivity contribution >= 4 is 23.2 Å². The maximum atomic E-state index is 12.6. The second-order valence-corrected chi connectivity index (χ2v) is 6.40. The number of imidazole rings is 1. The van der Waals surface area contributed by atoms with Crippen LogP contribution in [-0.2, 0) is 0 Å². The summed E-state index contributed by atoms with van der Waals surface area (Å²) in [5.74, 6) is 0.498. The number of pyridine rings is 1. The van der Waals surface area contributed by atoms with Crippen molar-refractivity contribution in [3.05, 3.63) is 34.7 Å². The van der Waals surface area contributed by atoms with Gasteiger partial charge in [0, 0.05) is 23.3 Å². The summed E-state index contributed by atoms with van der Waals surface area (Å²) in [6.45, 7) is 4.07. The number of nitrogens with one attached hydrogen (secondary N) is 1. The van der Waals surface area contributed by atoms with Crippen LogP contribution in [0.15, 0.2) is 18.3 Å². The van der Waals surface area contributed by atoms with Gasteiger partial charge in [0.05, 0.1) is 5.69 Å². The third kappa shape index (κ3) is 2.77. The predicted molar refractivity (Wildman–Crippen MR) is 83.8 cm³/mol. The van der Waals surface area contributed by atoms with Crippen LogP contribution >= 0.6 is 11.6 Å². The Morgan fingerprint density at radius 1 is 1.43 bits per heavy atom. The molecule has 2 aromatic heterocycles. The van der Waals surface area contributed by atoms with Gasteiger partial charge < -0.3 is 5.32 Å². The molecule has 4 nitrogen and oxygen atoms in total. The summed E-state index contributed by atoms with van der Waals surface area (Å²) in [6.07, 6.45) is 6.51. The maximum absolute atomic E-state index is 12.6. The summed E-state index contributed by atoms with van der Waals surface area (Å²) in [5.41, 5.74) is 2.06. The van der Waals surface area contributed by atoms with E-state index in [1.54, 1.807) is 18.3 Å². The van der Waals surface area contributed by atoms with Crippen LogP contribution in [-0.4, -0.2) is 21.3 Å². The zero-order valence-corrected chi connectivity index (χ0v) is 13.2. The minimum absolute atomic E-state index is 0.0407. The number of amides is 1. The van der Waals surface area contributed by atoms with E-state index in [2.05, 4.69) is 17.2 Å². The average Bonchev–Trinajstić information content (AvgIpc) is 2.76. The first kappa shape index (κ1) is 14.4. The van der Waals surface area contributed by atoms with Crippen LogP contribution in [0.5, 0.6) is 0 Å². The molecule has 1 aliphatic carbocycles. The van der Waals surface area contributed by atoms with Crippen LogP contribution in [0.2, 0.25) is 5.02 Å². The lowest BCUT2D eigenvalue weighted by Crippen LogP contribution is -2.41. The van der Waals surface area contributed by atoms with Crippen LogP contribution in [0.25, 0.3) is 5.65 Å². The Bertz CT molecular complexity index is 679. The summed E-state index contributed by atoms with van der Waals surface area (Å²) in [6, 6.07) is 3.81. The van der Waals surface area contributed by atoms with E-state index in [0.29, 0.717) is 22.3 Å². The molecule has 1 saturated carbocycles. The number of carbonyl (C=O) groups excluding carboxylic acids is 1. The number of hydrogen-bond donors (Lipinski definition) is 1. The lowest BCUT2D eigenvalue weighted by molar-refractivity contribution is 0.0903. The van der Waals surface area contributed by atoms with Crippen LogP contribution in [0, 0.1) is 12.8 Å². The predicted octanol–water partition coefficient (Wildman–Crippen LogP) is 3.60. The van der Waals surface area contributed by atoms with E-state index in [-0.39, 0.29) is 11.9 Å². The molecule has 1 N–H and O–H groups in total. The molecule has 1 aliphatic rings. The molecule has 2 heterocycles. The maximum Gasteiger partial charge on any atom is 0.270 e. The molecule has 2 atom stereocenters. The van der Waals surface area contributed by atoms with Crippen molar-refractivity contribution in [1.29, 1.82) is 0 Å². The average molecular weight is 306 g/mol. The van der Waals surface area contributed by atoms with E-state index in [1.807, 2.05) is 11.3 Å². The Hall–Kier alpha value is -1.55. The molecular weight excluding hydrogens is 286 g/mol. The molecule has 0 aliphatic heterocycles. The number of aromatic nitrogens is 2. The monoisotopic (exact) mass is 305 g/mol. The first-order chi connectivity index (χ1) is 10.1. The molecule has 3 rings (SSSR count). The van der Waals surface area contributed by atoms with Crippen LogP contribution in [0.4, 0.5) is 0 Å². The number of nitrogens with zero attached hydrogens (tertiary/aromatic N) is 2. The molecule has 2 unspecified atom stereocenters. The van der Waals surface area contributed by atoms with Crippen molar-refractivity contribution in [3.63, 3.8) is 0 Å². The van der Waals surface area contributed by atoms with Gasteiger partial charge in [-0.25, -0.2) is 4.98 Å². The number of rotatable bonds is 2. The van der Waals surface area contributed by atoms with Crippen LogP contribution in [0.3, 0.4) is 0 Å². The summed E-state index contributed by atoms with van der Waals surface area (Å²) >= 11 is 5.98. The Balaban J connectivity index is 1.89. The minimum Gasteiger partial charge on any atom is -0.348 e. The van der Waals surface area contributed by atoms with Crippen LogP contribution in [0.1, 0.15) is 48.8 Å². The number of carbonyl (C=O) groups is 1. The standard InChI is InChI=1S/C16H20ClN3O/c1-10-5-3-4-6-13(10)19-16(21)15-11(2)18-14-9-12(17)7-8-20(14)15/h7-10,13H,3-6H2,1-2H3,(H,19,21). The van der Waals surface area contributed by atoms with Crippen molar-refractivity contribution in [2.75, 3.05) is 0 Å². The lowest BCUT2D eigenvalue weighted by atomic mass is 9.86. The minimum atomic E-state index is -0.0407. The molecule has 0 aromatic carbocycles. The van der Waals surface area contributed by atoms with Gasteiger partial charge in [0.1, 0.15) is 11.3 Å². The number of hydrogen-bond acceptors (Lipinski definition) is 2. The van der Waals surface area contributed by atoms with Gasteiger partial charge in [-0.15, -0.1) is 0 Å². The van der Waals surface area contributed by atoms with Gasteiger partial charge in [0.15, 0.2) is 0 Å². The number of fused-ring (bicyclic) bond motifs is 1. The van der Waals surface area contributed by atoms with Crippen molar-refractivity contribution in [2.24, 2.45) is 5.92 Å². The normalized spacial score (nSPS) is 22.4. The zero-order valence-electron chi connectivity index (χ0n) is 12.4. The topological polar surface area (TPSA) is 46.4 Å². The van der Waals surface area contributed by atoms with Gasteiger partial charge in [-0.1, -0.05) is 31.4 Å². The lowest BCUT2D eigenvalue weighted by Gasteiger charge is -2.29. The first-order valence-electron chi connectivity index (χ1n) is 7.51. The highest BCUT2D eigenvalue weighted by Gasteiger charge is 2.25. The third-order valence-corrected chi connectivity index (χ3v) is 4.64. The van der Waals surface area contributed by atoms with Crippen molar-refractivity contribution in [2.45, 2.75) is 45.6 Å². The molecule has 1 amide bonds. The van der Waals surface area contributed by atoms with E-state index in [9.17, 15) is 4.79 Å².